The number of fused-ring (bicyclic) bond motifs is 4. The number of thiol groups is 1. The molecule has 5 fully saturated rings. The zero-order valence-electron chi connectivity index (χ0n) is 53.6. The molecule has 0 aliphatic carbocycles. The number of aryl methyl sites for hydroxylation is 1. The molecule has 0 bridgehead atoms. The van der Waals surface area contributed by atoms with Crippen molar-refractivity contribution in [2.45, 2.75) is 131 Å². The van der Waals surface area contributed by atoms with Crippen LogP contribution in [-0.4, -0.2) is 207 Å². The molecule has 0 radical (unpaired) electrons. The minimum absolute atomic E-state index is 0.0288. The summed E-state index contributed by atoms with van der Waals surface area (Å²) in [7, 11) is 0. The van der Waals surface area contributed by atoms with Crippen LogP contribution in [0, 0.1) is 6.92 Å². The molecule has 105 heavy (non-hydrogen) atoms. The predicted octanol–water partition coefficient (Wildman–Crippen LogP) is -2.21. The minimum atomic E-state index is -4.74. The van der Waals surface area contributed by atoms with Crippen molar-refractivity contribution in [3.63, 3.8) is 0 Å². The molecule has 9 aromatic heterocycles. The van der Waals surface area contributed by atoms with Crippen LogP contribution in [0.15, 0.2) is 60.3 Å². The van der Waals surface area contributed by atoms with Crippen LogP contribution in [0.1, 0.15) is 68.8 Å². The molecule has 14 rings (SSSR count). The smallest absolute Gasteiger partial charge is 0.386 e. The summed E-state index contributed by atoms with van der Waals surface area (Å²) >= 11 is 20.9. The van der Waals surface area contributed by atoms with E-state index in [1.54, 1.807) is 0 Å². The lowest BCUT2D eigenvalue weighted by molar-refractivity contribution is -0.0549. The van der Waals surface area contributed by atoms with E-state index in [-0.39, 0.29) is 106 Å². The van der Waals surface area contributed by atoms with E-state index < -0.39 is 186 Å². The van der Waals surface area contributed by atoms with Crippen LogP contribution in [-0.2, 0) is 99.9 Å². The molecule has 55 heteroatoms. The van der Waals surface area contributed by atoms with Crippen LogP contribution in [0.4, 0.5) is 23.8 Å². The highest BCUT2D eigenvalue weighted by Crippen LogP contribution is 2.59. The van der Waals surface area contributed by atoms with E-state index in [1.165, 1.54) is 56.7 Å². The normalized spacial score (nSPS) is 28.8. The number of anilines is 4. The summed E-state index contributed by atoms with van der Waals surface area (Å²) in [6.45, 7) is -20.0. The van der Waals surface area contributed by atoms with Gasteiger partial charge in [0.15, 0.2) is 44.7 Å². The third kappa shape index (κ3) is 15.9. The van der Waals surface area contributed by atoms with Crippen molar-refractivity contribution in [3.8, 4) is 0 Å². The number of nitrogens with zero attached hydrogens (tertiary/aromatic N) is 13. The molecule has 566 valence electrons. The number of aliphatic hydroxyl groups excluding tert-OH is 2. The molecule has 19 atom stereocenters. The number of ether oxygens (including phenoxy) is 5. The SMILES string of the molecule is Cc1cn(C2CC(OP(O)(=S)OCC3OC(n4cnc5c(=O)[nH]c(N)nc54)CC3OP(=O)(S)OCC3OC(n4cnc5c(=O)[nH]c(N)nc54)CC3OP(O)(=S)OCC3OC(n4cnc5c(=O)[nH]c(N)nc54)CC3OP(O)(=S)OCC3OC(n4cnc5c(=O)[nH]c(N)nc54)CC3O)C(CO)O2)c(=O)[nH]c1=O. The summed E-state index contributed by atoms with van der Waals surface area (Å²) in [6.07, 6.45) is -13.2. The number of aromatic nitrogens is 18. The number of hydrogen-bond acceptors (Lipinski definition) is 37. The predicted molar refractivity (Wildman–Crippen MR) is 371 cm³/mol. The zero-order chi connectivity index (χ0) is 74.5. The third-order valence-electron chi connectivity index (χ3n) is 17.3. The zero-order valence-corrected chi connectivity index (χ0v) is 60.5. The van der Waals surface area contributed by atoms with Gasteiger partial charge in [0, 0.05) is 43.9 Å². The fourth-order valence-electron chi connectivity index (χ4n) is 12.5. The minimum Gasteiger partial charge on any atom is -0.394 e. The molecule has 5 aliphatic heterocycles. The fourth-order valence-corrected chi connectivity index (χ4v) is 18.4. The number of aromatic amines is 5. The molecular weight excluding hydrogens is 1560 g/mol. The highest BCUT2D eigenvalue weighted by Gasteiger charge is 2.49. The maximum atomic E-state index is 14.7. The lowest BCUT2D eigenvalue weighted by atomic mass is 10.2. The molecule has 0 saturated carbocycles. The Labute approximate surface area is 603 Å². The van der Waals surface area contributed by atoms with Crippen LogP contribution in [0.2, 0.25) is 0 Å². The van der Waals surface area contributed by atoms with E-state index >= 15 is 0 Å². The average molecular weight is 1620 g/mol. The second-order valence-electron chi connectivity index (χ2n) is 24.3. The van der Waals surface area contributed by atoms with Gasteiger partial charge in [-0.3, -0.25) is 80.8 Å². The Morgan fingerprint density at radius 2 is 0.781 bits per heavy atom. The van der Waals surface area contributed by atoms with Crippen molar-refractivity contribution in [3.05, 3.63) is 99.3 Å². The molecule has 5 aliphatic rings. The Balaban J connectivity index is 0.682. The van der Waals surface area contributed by atoms with E-state index in [0.717, 1.165) is 4.57 Å². The molecule has 9 aromatic rings. The van der Waals surface area contributed by atoms with Gasteiger partial charge in [-0.1, -0.05) is 12.2 Å². The van der Waals surface area contributed by atoms with Crippen LogP contribution < -0.4 is 56.4 Å². The van der Waals surface area contributed by atoms with E-state index in [4.69, 9.17) is 118 Å². The van der Waals surface area contributed by atoms with Gasteiger partial charge >= 0.3 is 32.6 Å². The molecule has 18 N–H and O–H groups in total. The van der Waals surface area contributed by atoms with Crippen molar-refractivity contribution in [1.29, 1.82) is 0 Å². The Morgan fingerprint density at radius 3 is 1.15 bits per heavy atom. The van der Waals surface area contributed by atoms with Crippen molar-refractivity contribution in [1.82, 2.24) is 87.6 Å². The summed E-state index contributed by atoms with van der Waals surface area (Å²) in [5.41, 5.74) is 19.0. The number of H-pyrrole nitrogens is 5. The second-order valence-corrected chi connectivity index (χ2v) is 35.5. The van der Waals surface area contributed by atoms with Crippen LogP contribution in [0.5, 0.6) is 0 Å². The summed E-state index contributed by atoms with van der Waals surface area (Å²) in [5.74, 6) is -1.04. The molecule has 0 spiro atoms. The van der Waals surface area contributed by atoms with Crippen molar-refractivity contribution in [2.75, 3.05) is 56.0 Å². The van der Waals surface area contributed by atoms with E-state index in [9.17, 15) is 58.2 Å². The first-order valence-electron chi connectivity index (χ1n) is 31.1. The van der Waals surface area contributed by atoms with Gasteiger partial charge in [-0.05, 0) is 42.3 Å². The standard InChI is InChI=1S/C50H62N22O25P4S4/c1-17-7-68(50(80)67-41(17)75)29-3-19(23(8-73)89-29)94-99(82,103)86-10-25-21(5-31(91-25)71-15-57-35-39(71)61-48(53)65-44(35)78)96-101(84,105)88-12-27-22(6-32(93-27)72-16-58-36-40(72)62-49(54)66-45(36)79)97-100(83,104)87-11-26-20(4-30(92-26)70-14-56-34-38(70)60-47(52)64-43(34)77)95-98(81,102)85-9-24-18(74)2-28(90-24)69-13-55-33-37(69)59-46(51)63-42(33)76/h7,13-16,18-32,73-74H,2-6,8-12H2,1H3,(H,81,102)(H,82,103)(H,83,104)(H,84,105)(H,67,75,80)(H3,51,59,63,76)(H3,52,60,64,77)(H3,53,61,65,78)(H3,54,62,66,79). The topological polar surface area (TPSA) is 651 Å². The molecule has 0 amide bonds. The molecule has 47 nitrogen and oxygen atoms in total. The van der Waals surface area contributed by atoms with Gasteiger partial charge in [0.2, 0.25) is 23.8 Å². The number of rotatable bonds is 26. The van der Waals surface area contributed by atoms with Gasteiger partial charge in [0.25, 0.3) is 27.8 Å². The summed E-state index contributed by atoms with van der Waals surface area (Å²) < 4.78 is 99.9. The van der Waals surface area contributed by atoms with Crippen molar-refractivity contribution in [2.24, 2.45) is 0 Å². The monoisotopic (exact) mass is 1620 g/mol. The number of aliphatic hydroxyl groups is 2. The quantitative estimate of drug-likeness (QED) is 0.0202. The number of imidazole rings is 4. The van der Waals surface area contributed by atoms with Crippen molar-refractivity contribution < 1.29 is 89.3 Å². The Morgan fingerprint density at radius 1 is 0.476 bits per heavy atom. The van der Waals surface area contributed by atoms with Gasteiger partial charge in [0.1, 0.15) is 67.8 Å². The summed E-state index contributed by atoms with van der Waals surface area (Å²) in [5, 5.41) is 21.4. The molecule has 14 heterocycles. The van der Waals surface area contributed by atoms with Gasteiger partial charge in [0.05, 0.1) is 82.8 Å². The van der Waals surface area contributed by atoms with Crippen LogP contribution >= 0.6 is 39.2 Å². The molecular formula is C50H62N22O25P4S4. The van der Waals surface area contributed by atoms with E-state index in [1.807, 2.05) is 0 Å². The first-order chi connectivity index (χ1) is 49.7. The van der Waals surface area contributed by atoms with Crippen molar-refractivity contribution >= 4 is 143 Å². The Hall–Kier alpha value is -6.91. The maximum absolute atomic E-state index is 14.7. The van der Waals surface area contributed by atoms with Gasteiger partial charge in [-0.15, -0.1) is 0 Å². The lowest BCUT2D eigenvalue weighted by Gasteiger charge is -2.28. The number of nitrogens with two attached hydrogens (primary N) is 4. The Kier molecular flexibility index (Phi) is 20.9. The van der Waals surface area contributed by atoms with E-state index in [2.05, 4.69) is 77.0 Å². The summed E-state index contributed by atoms with van der Waals surface area (Å²) in [4.78, 5) is 156. The lowest BCUT2D eigenvalue weighted by Crippen LogP contribution is -2.33. The van der Waals surface area contributed by atoms with Gasteiger partial charge in [-0.2, -0.15) is 19.9 Å². The Bertz CT molecular complexity index is 5440. The highest BCUT2D eigenvalue weighted by molar-refractivity contribution is 8.44. The van der Waals surface area contributed by atoms with Crippen LogP contribution in [0.3, 0.4) is 0 Å². The first kappa shape index (κ1) is 74.9. The highest BCUT2D eigenvalue weighted by atomic mass is 32.7. The average Bonchev–Trinajstić information content (AvgIpc) is 1.65. The first-order valence-corrected chi connectivity index (χ1v) is 41.6. The molecule has 5 saturated heterocycles. The largest absolute Gasteiger partial charge is 0.394 e. The second kappa shape index (κ2) is 29.2. The summed E-state index contributed by atoms with van der Waals surface area (Å²) in [6, 6.07) is 0. The van der Waals surface area contributed by atoms with E-state index in [0.29, 0.717) is 0 Å². The molecule has 0 aromatic carbocycles. The molecule has 19 unspecified atom stereocenters. The van der Waals surface area contributed by atoms with Gasteiger partial charge < -0.3 is 98.7 Å². The number of nitrogens with one attached hydrogen (secondary N) is 5. The fraction of sp³-hybridized carbons (Fsp3) is 0.520. The number of nitrogen functional groups attached to an aromatic ring is 4. The maximum Gasteiger partial charge on any atom is 0.386 e. The van der Waals surface area contributed by atoms with Crippen LogP contribution in [0.25, 0.3) is 44.7 Å². The third-order valence-corrected chi connectivity index (χ3v) is 23.7. The number of hydrogen-bond donors (Lipinski definition) is 15. The van der Waals surface area contributed by atoms with Gasteiger partial charge in [-0.25, -0.2) is 29.3 Å².